The Hall–Kier alpha value is -0.580. The molecule has 2 rings (SSSR count). The van der Waals surface area contributed by atoms with Gasteiger partial charge in [0, 0.05) is 16.7 Å². The first-order chi connectivity index (χ1) is 9.17. The SMILES string of the molecule is CCN1CCCC(CO)(Nc2ccc(Br)cc2)CC1. The third-order valence-electron chi connectivity index (χ3n) is 4.04. The molecule has 1 aromatic carbocycles. The lowest BCUT2D eigenvalue weighted by molar-refractivity contribution is 0.193. The highest BCUT2D eigenvalue weighted by Gasteiger charge is 2.31. The molecule has 0 saturated carbocycles. The lowest BCUT2D eigenvalue weighted by Crippen LogP contribution is -2.43. The maximum atomic E-state index is 9.85. The van der Waals surface area contributed by atoms with E-state index in [9.17, 15) is 5.11 Å². The summed E-state index contributed by atoms with van der Waals surface area (Å²) in [5.41, 5.74) is 0.916. The van der Waals surface area contributed by atoms with Gasteiger partial charge in [-0.1, -0.05) is 22.9 Å². The molecule has 1 unspecified atom stereocenters. The number of aliphatic hydroxyl groups is 1. The van der Waals surface area contributed by atoms with Gasteiger partial charge >= 0.3 is 0 Å². The molecule has 4 heteroatoms. The Morgan fingerprint density at radius 2 is 2.00 bits per heavy atom. The van der Waals surface area contributed by atoms with E-state index in [1.807, 2.05) is 12.1 Å². The van der Waals surface area contributed by atoms with E-state index in [-0.39, 0.29) is 12.1 Å². The lowest BCUT2D eigenvalue weighted by atomic mass is 9.91. The van der Waals surface area contributed by atoms with Gasteiger partial charge in [0.05, 0.1) is 12.1 Å². The highest BCUT2D eigenvalue weighted by molar-refractivity contribution is 9.10. The topological polar surface area (TPSA) is 35.5 Å². The summed E-state index contributed by atoms with van der Waals surface area (Å²) in [4.78, 5) is 2.46. The Balaban J connectivity index is 2.07. The highest BCUT2D eigenvalue weighted by Crippen LogP contribution is 2.27. The molecule has 0 spiro atoms. The lowest BCUT2D eigenvalue weighted by Gasteiger charge is -2.33. The molecule has 1 aliphatic heterocycles. The van der Waals surface area contributed by atoms with E-state index < -0.39 is 0 Å². The number of anilines is 1. The van der Waals surface area contributed by atoms with Crippen LogP contribution in [0.3, 0.4) is 0 Å². The summed E-state index contributed by atoms with van der Waals surface area (Å²) in [7, 11) is 0. The standard InChI is InChI=1S/C15H23BrN2O/c1-2-18-10-3-8-15(12-19,9-11-18)17-14-6-4-13(16)5-7-14/h4-7,17,19H,2-3,8-12H2,1H3. The van der Waals surface area contributed by atoms with Crippen LogP contribution >= 0.6 is 15.9 Å². The van der Waals surface area contributed by atoms with E-state index >= 15 is 0 Å². The van der Waals surface area contributed by atoms with Gasteiger partial charge in [-0.3, -0.25) is 0 Å². The normalized spacial score (nSPS) is 25.0. The number of halogens is 1. The van der Waals surface area contributed by atoms with E-state index in [2.05, 4.69) is 45.2 Å². The van der Waals surface area contributed by atoms with Crippen LogP contribution in [0.1, 0.15) is 26.2 Å². The van der Waals surface area contributed by atoms with Crippen molar-refractivity contribution in [2.24, 2.45) is 0 Å². The van der Waals surface area contributed by atoms with Crippen LogP contribution in [0, 0.1) is 0 Å². The molecule has 1 heterocycles. The van der Waals surface area contributed by atoms with Crippen LogP contribution in [0.2, 0.25) is 0 Å². The van der Waals surface area contributed by atoms with Gasteiger partial charge in [0.1, 0.15) is 0 Å². The first-order valence-electron chi connectivity index (χ1n) is 7.04. The van der Waals surface area contributed by atoms with Crippen molar-refractivity contribution in [1.29, 1.82) is 0 Å². The Morgan fingerprint density at radius 3 is 2.63 bits per heavy atom. The molecular weight excluding hydrogens is 304 g/mol. The maximum absolute atomic E-state index is 9.85. The number of hydrogen-bond acceptors (Lipinski definition) is 3. The average Bonchev–Trinajstić information content (AvgIpc) is 2.64. The summed E-state index contributed by atoms with van der Waals surface area (Å²) in [5.74, 6) is 0. The van der Waals surface area contributed by atoms with Crippen LogP contribution in [0.5, 0.6) is 0 Å². The summed E-state index contributed by atoms with van der Waals surface area (Å²) in [6.07, 6.45) is 3.15. The Labute approximate surface area is 124 Å². The number of hydrogen-bond donors (Lipinski definition) is 2. The van der Waals surface area contributed by atoms with Crippen molar-refractivity contribution in [3.05, 3.63) is 28.7 Å². The third-order valence-corrected chi connectivity index (χ3v) is 4.57. The molecule has 0 aliphatic carbocycles. The van der Waals surface area contributed by atoms with Gasteiger partial charge in [0.2, 0.25) is 0 Å². The van der Waals surface area contributed by atoms with Gasteiger partial charge in [-0.2, -0.15) is 0 Å². The molecule has 1 fully saturated rings. The Morgan fingerprint density at radius 1 is 1.26 bits per heavy atom. The minimum absolute atomic E-state index is 0.169. The molecule has 1 saturated heterocycles. The second-order valence-electron chi connectivity index (χ2n) is 5.36. The van der Waals surface area contributed by atoms with Gasteiger partial charge in [0.15, 0.2) is 0 Å². The highest BCUT2D eigenvalue weighted by atomic mass is 79.9. The number of rotatable bonds is 4. The van der Waals surface area contributed by atoms with Crippen molar-refractivity contribution in [2.45, 2.75) is 31.7 Å². The molecule has 1 aliphatic rings. The molecule has 3 nitrogen and oxygen atoms in total. The van der Waals surface area contributed by atoms with E-state index in [0.29, 0.717) is 0 Å². The quantitative estimate of drug-likeness (QED) is 0.892. The average molecular weight is 327 g/mol. The molecule has 0 radical (unpaired) electrons. The first kappa shape index (κ1) is 14.8. The minimum atomic E-state index is -0.169. The molecule has 1 atom stereocenters. The Kier molecular flexibility index (Phi) is 5.25. The molecular formula is C15H23BrN2O. The van der Waals surface area contributed by atoms with Gasteiger partial charge in [-0.25, -0.2) is 0 Å². The van der Waals surface area contributed by atoms with Crippen molar-refractivity contribution in [3.63, 3.8) is 0 Å². The monoisotopic (exact) mass is 326 g/mol. The van der Waals surface area contributed by atoms with Crippen LogP contribution in [0.4, 0.5) is 5.69 Å². The number of nitrogens with zero attached hydrogens (tertiary/aromatic N) is 1. The van der Waals surface area contributed by atoms with Crippen molar-refractivity contribution >= 4 is 21.6 Å². The zero-order chi connectivity index (χ0) is 13.7. The molecule has 1 aromatic rings. The summed E-state index contributed by atoms with van der Waals surface area (Å²) < 4.78 is 1.08. The van der Waals surface area contributed by atoms with E-state index in [1.54, 1.807) is 0 Å². The van der Waals surface area contributed by atoms with Gasteiger partial charge in [-0.15, -0.1) is 0 Å². The number of likely N-dealkylation sites (tertiary alicyclic amines) is 1. The van der Waals surface area contributed by atoms with Crippen molar-refractivity contribution < 1.29 is 5.11 Å². The van der Waals surface area contributed by atoms with Crippen molar-refractivity contribution in [3.8, 4) is 0 Å². The number of nitrogens with one attached hydrogen (secondary N) is 1. The maximum Gasteiger partial charge on any atom is 0.0662 e. The molecule has 19 heavy (non-hydrogen) atoms. The second kappa shape index (κ2) is 6.73. The molecule has 0 bridgehead atoms. The van der Waals surface area contributed by atoms with E-state index in [1.165, 1.54) is 0 Å². The summed E-state index contributed by atoms with van der Waals surface area (Å²) in [6, 6.07) is 8.18. The van der Waals surface area contributed by atoms with E-state index in [0.717, 1.165) is 49.1 Å². The zero-order valence-electron chi connectivity index (χ0n) is 11.5. The summed E-state index contributed by atoms with van der Waals surface area (Å²) in [5, 5.41) is 13.4. The van der Waals surface area contributed by atoms with Gasteiger partial charge in [-0.05, 0) is 56.6 Å². The zero-order valence-corrected chi connectivity index (χ0v) is 13.1. The molecule has 106 valence electrons. The van der Waals surface area contributed by atoms with Crippen LogP contribution in [0.25, 0.3) is 0 Å². The van der Waals surface area contributed by atoms with Crippen molar-refractivity contribution in [1.82, 2.24) is 4.90 Å². The minimum Gasteiger partial charge on any atom is -0.394 e. The smallest absolute Gasteiger partial charge is 0.0662 e. The van der Waals surface area contributed by atoms with Crippen molar-refractivity contribution in [2.75, 3.05) is 31.6 Å². The molecule has 2 N–H and O–H groups in total. The molecule has 0 aromatic heterocycles. The summed E-state index contributed by atoms with van der Waals surface area (Å²) >= 11 is 3.45. The fraction of sp³-hybridized carbons (Fsp3) is 0.600. The predicted octanol–water partition coefficient (Wildman–Crippen LogP) is 3.10. The molecule has 0 amide bonds. The second-order valence-corrected chi connectivity index (χ2v) is 6.27. The van der Waals surface area contributed by atoms with Crippen LogP contribution < -0.4 is 5.32 Å². The fourth-order valence-corrected chi connectivity index (χ4v) is 2.99. The van der Waals surface area contributed by atoms with Gasteiger partial charge < -0.3 is 15.3 Å². The predicted molar refractivity (Wildman–Crippen MR) is 83.5 cm³/mol. The van der Waals surface area contributed by atoms with Crippen LogP contribution in [0.15, 0.2) is 28.7 Å². The number of aliphatic hydroxyl groups excluding tert-OH is 1. The fourth-order valence-electron chi connectivity index (χ4n) is 2.73. The van der Waals surface area contributed by atoms with Gasteiger partial charge in [0.25, 0.3) is 0 Å². The van der Waals surface area contributed by atoms with Crippen LogP contribution in [-0.4, -0.2) is 41.8 Å². The summed E-state index contributed by atoms with van der Waals surface area (Å²) in [6.45, 7) is 5.69. The van der Waals surface area contributed by atoms with Crippen LogP contribution in [-0.2, 0) is 0 Å². The first-order valence-corrected chi connectivity index (χ1v) is 7.84. The Bertz CT molecular complexity index is 396. The number of benzene rings is 1. The largest absolute Gasteiger partial charge is 0.394 e. The van der Waals surface area contributed by atoms with E-state index in [4.69, 9.17) is 0 Å². The third kappa shape index (κ3) is 3.94.